The van der Waals surface area contributed by atoms with E-state index >= 15 is 0 Å². The fraction of sp³-hybridized carbons (Fsp3) is 0.632. The highest BCUT2D eigenvalue weighted by atomic mass is 16.2. The van der Waals surface area contributed by atoms with E-state index in [1.165, 1.54) is 19.4 Å². The highest BCUT2D eigenvalue weighted by molar-refractivity contribution is 5.87. The molecule has 0 spiro atoms. The van der Waals surface area contributed by atoms with E-state index in [1.54, 1.807) is 0 Å². The van der Waals surface area contributed by atoms with Gasteiger partial charge in [-0.1, -0.05) is 30.3 Å². The SMILES string of the molecule is CC(C)N1CCC[C@H](CNC(=O)C(C)(C)c2ccccc2)C1. The third kappa shape index (κ3) is 4.10. The molecule has 22 heavy (non-hydrogen) atoms. The van der Waals surface area contributed by atoms with Gasteiger partial charge in [-0.15, -0.1) is 0 Å². The lowest BCUT2D eigenvalue weighted by Crippen LogP contribution is -2.46. The molecule has 1 atom stereocenters. The monoisotopic (exact) mass is 302 g/mol. The molecule has 0 saturated carbocycles. The van der Waals surface area contributed by atoms with Gasteiger partial charge in [-0.2, -0.15) is 0 Å². The zero-order chi connectivity index (χ0) is 16.2. The minimum atomic E-state index is -0.479. The van der Waals surface area contributed by atoms with E-state index in [0.29, 0.717) is 12.0 Å². The summed E-state index contributed by atoms with van der Waals surface area (Å²) in [5.41, 5.74) is 0.591. The minimum Gasteiger partial charge on any atom is -0.355 e. The number of carbonyl (C=O) groups is 1. The van der Waals surface area contributed by atoms with Crippen molar-refractivity contribution in [2.75, 3.05) is 19.6 Å². The predicted molar refractivity (Wildman–Crippen MR) is 91.9 cm³/mol. The van der Waals surface area contributed by atoms with Crippen LogP contribution in [0.15, 0.2) is 30.3 Å². The van der Waals surface area contributed by atoms with Crippen molar-refractivity contribution in [2.24, 2.45) is 5.92 Å². The molecular formula is C19H30N2O. The molecule has 0 radical (unpaired) electrons. The zero-order valence-corrected chi connectivity index (χ0v) is 14.4. The van der Waals surface area contributed by atoms with Crippen molar-refractivity contribution in [2.45, 2.75) is 52.0 Å². The van der Waals surface area contributed by atoms with E-state index in [1.807, 2.05) is 44.2 Å². The zero-order valence-electron chi connectivity index (χ0n) is 14.4. The van der Waals surface area contributed by atoms with Crippen molar-refractivity contribution in [3.63, 3.8) is 0 Å². The van der Waals surface area contributed by atoms with Crippen LogP contribution in [0.25, 0.3) is 0 Å². The number of nitrogens with zero attached hydrogens (tertiary/aromatic N) is 1. The summed E-state index contributed by atoms with van der Waals surface area (Å²) in [4.78, 5) is 15.1. The summed E-state index contributed by atoms with van der Waals surface area (Å²) in [5.74, 6) is 0.701. The first-order chi connectivity index (χ1) is 10.4. The molecule has 1 amide bonds. The molecule has 0 bridgehead atoms. The molecule has 122 valence electrons. The summed E-state index contributed by atoms with van der Waals surface area (Å²) >= 11 is 0. The van der Waals surface area contributed by atoms with Crippen LogP contribution < -0.4 is 5.32 Å². The van der Waals surface area contributed by atoms with Gasteiger partial charge in [-0.3, -0.25) is 4.79 Å². The summed E-state index contributed by atoms with van der Waals surface area (Å²) in [6.07, 6.45) is 2.45. The highest BCUT2D eigenvalue weighted by Crippen LogP contribution is 2.23. The van der Waals surface area contributed by atoms with Crippen LogP contribution >= 0.6 is 0 Å². The molecule has 3 nitrogen and oxygen atoms in total. The van der Waals surface area contributed by atoms with Gasteiger partial charge in [0, 0.05) is 19.1 Å². The Bertz CT molecular complexity index is 481. The quantitative estimate of drug-likeness (QED) is 0.906. The smallest absolute Gasteiger partial charge is 0.230 e. The maximum Gasteiger partial charge on any atom is 0.230 e. The fourth-order valence-corrected chi connectivity index (χ4v) is 3.18. The molecule has 1 aliphatic rings. The summed E-state index contributed by atoms with van der Waals surface area (Å²) in [7, 11) is 0. The number of amides is 1. The normalized spacial score (nSPS) is 20.1. The van der Waals surface area contributed by atoms with E-state index in [0.717, 1.165) is 18.7 Å². The predicted octanol–water partition coefficient (Wildman–Crippen LogP) is 3.20. The summed E-state index contributed by atoms with van der Waals surface area (Å²) < 4.78 is 0. The number of benzene rings is 1. The van der Waals surface area contributed by atoms with Crippen LogP contribution in [0, 0.1) is 5.92 Å². The fourth-order valence-electron chi connectivity index (χ4n) is 3.18. The van der Waals surface area contributed by atoms with E-state index in [2.05, 4.69) is 24.1 Å². The lowest BCUT2D eigenvalue weighted by molar-refractivity contribution is -0.125. The van der Waals surface area contributed by atoms with Gasteiger partial charge in [0.1, 0.15) is 0 Å². The molecule has 1 heterocycles. The molecular weight excluding hydrogens is 272 g/mol. The lowest BCUT2D eigenvalue weighted by Gasteiger charge is -2.36. The van der Waals surface area contributed by atoms with Crippen molar-refractivity contribution < 1.29 is 4.79 Å². The van der Waals surface area contributed by atoms with Gasteiger partial charge in [0.15, 0.2) is 0 Å². The highest BCUT2D eigenvalue weighted by Gasteiger charge is 2.30. The average molecular weight is 302 g/mol. The summed E-state index contributed by atoms with van der Waals surface area (Å²) in [6.45, 7) is 11.6. The Kier molecular flexibility index (Phi) is 5.63. The molecule has 0 aliphatic carbocycles. The second-order valence-electron chi connectivity index (χ2n) is 7.30. The summed E-state index contributed by atoms with van der Waals surface area (Å²) in [6, 6.07) is 10.6. The molecule has 0 aromatic heterocycles. The molecule has 1 fully saturated rings. The Morgan fingerprint density at radius 1 is 1.32 bits per heavy atom. The Balaban J connectivity index is 1.89. The molecule has 3 heteroatoms. The second kappa shape index (κ2) is 7.28. The summed E-state index contributed by atoms with van der Waals surface area (Å²) in [5, 5.41) is 3.19. The van der Waals surface area contributed by atoms with Gasteiger partial charge in [-0.25, -0.2) is 0 Å². The first kappa shape index (κ1) is 17.0. The Morgan fingerprint density at radius 2 is 2.00 bits per heavy atom. The van der Waals surface area contributed by atoms with Crippen molar-refractivity contribution in [1.29, 1.82) is 0 Å². The molecule has 1 saturated heterocycles. The topological polar surface area (TPSA) is 32.3 Å². The standard InChI is InChI=1S/C19H30N2O/c1-15(2)21-12-8-9-16(14-21)13-20-18(22)19(3,4)17-10-6-5-7-11-17/h5-7,10-11,15-16H,8-9,12-14H2,1-4H3,(H,20,22)/t16-/m1/s1. The van der Waals surface area contributed by atoms with E-state index in [-0.39, 0.29) is 5.91 Å². The molecule has 1 aromatic rings. The number of hydrogen-bond donors (Lipinski definition) is 1. The van der Waals surface area contributed by atoms with Crippen LogP contribution in [0.5, 0.6) is 0 Å². The van der Waals surface area contributed by atoms with Crippen molar-refractivity contribution in [3.8, 4) is 0 Å². The molecule has 0 unspecified atom stereocenters. The average Bonchev–Trinajstić information content (AvgIpc) is 2.53. The van der Waals surface area contributed by atoms with Crippen molar-refractivity contribution in [1.82, 2.24) is 10.2 Å². The third-order valence-electron chi connectivity index (χ3n) is 4.90. The number of carbonyl (C=O) groups excluding carboxylic acids is 1. The molecule has 2 rings (SSSR count). The van der Waals surface area contributed by atoms with Gasteiger partial charge in [0.25, 0.3) is 0 Å². The Labute approximate surface area is 135 Å². The van der Waals surface area contributed by atoms with Gasteiger partial charge >= 0.3 is 0 Å². The van der Waals surface area contributed by atoms with Crippen LogP contribution in [-0.2, 0) is 10.2 Å². The van der Waals surface area contributed by atoms with E-state index in [9.17, 15) is 4.79 Å². The van der Waals surface area contributed by atoms with E-state index < -0.39 is 5.41 Å². The van der Waals surface area contributed by atoms with Crippen LogP contribution in [0.2, 0.25) is 0 Å². The second-order valence-corrected chi connectivity index (χ2v) is 7.30. The number of hydrogen-bond acceptors (Lipinski definition) is 2. The number of nitrogens with one attached hydrogen (secondary N) is 1. The van der Waals surface area contributed by atoms with Crippen LogP contribution in [0.1, 0.15) is 46.1 Å². The van der Waals surface area contributed by atoms with Gasteiger partial charge in [0.05, 0.1) is 5.41 Å². The van der Waals surface area contributed by atoms with Gasteiger partial charge < -0.3 is 10.2 Å². The molecule has 1 N–H and O–H groups in total. The Morgan fingerprint density at radius 3 is 2.64 bits per heavy atom. The first-order valence-corrected chi connectivity index (χ1v) is 8.49. The van der Waals surface area contributed by atoms with Crippen LogP contribution in [-0.4, -0.2) is 36.5 Å². The number of piperidine rings is 1. The van der Waals surface area contributed by atoms with Crippen molar-refractivity contribution in [3.05, 3.63) is 35.9 Å². The third-order valence-corrected chi connectivity index (χ3v) is 4.90. The largest absolute Gasteiger partial charge is 0.355 e. The van der Waals surface area contributed by atoms with Gasteiger partial charge in [-0.05, 0) is 58.6 Å². The van der Waals surface area contributed by atoms with E-state index in [4.69, 9.17) is 0 Å². The minimum absolute atomic E-state index is 0.125. The maximum absolute atomic E-state index is 12.6. The number of likely N-dealkylation sites (tertiary alicyclic amines) is 1. The lowest BCUT2D eigenvalue weighted by atomic mass is 9.83. The first-order valence-electron chi connectivity index (χ1n) is 8.49. The van der Waals surface area contributed by atoms with Crippen LogP contribution in [0.3, 0.4) is 0 Å². The Hall–Kier alpha value is -1.35. The van der Waals surface area contributed by atoms with Crippen molar-refractivity contribution >= 4 is 5.91 Å². The molecule has 1 aromatic carbocycles. The number of rotatable bonds is 5. The van der Waals surface area contributed by atoms with Crippen LogP contribution in [0.4, 0.5) is 0 Å². The maximum atomic E-state index is 12.6. The van der Waals surface area contributed by atoms with Gasteiger partial charge in [0.2, 0.25) is 5.91 Å². The molecule has 1 aliphatic heterocycles.